The largest absolute Gasteiger partial charge is 0.481 e. The number of rotatable bonds is 5. The minimum absolute atomic E-state index is 0.569. The lowest BCUT2D eigenvalue weighted by Gasteiger charge is -2.32. The highest BCUT2D eigenvalue weighted by Gasteiger charge is 2.23. The van der Waals surface area contributed by atoms with Crippen LogP contribution in [0.5, 0.6) is 5.88 Å². The van der Waals surface area contributed by atoms with E-state index in [1.165, 1.54) is 59.8 Å². The van der Waals surface area contributed by atoms with Crippen molar-refractivity contribution in [1.82, 2.24) is 9.88 Å². The first-order valence-electron chi connectivity index (χ1n) is 11.2. The smallest absolute Gasteiger partial charge is 0.213 e. The van der Waals surface area contributed by atoms with Crippen LogP contribution in [0, 0.1) is 0 Å². The number of likely N-dealkylation sites (tertiary alicyclic amines) is 1. The monoisotopic (exact) mass is 398 g/mol. The maximum atomic E-state index is 5.37. The number of aromatic nitrogens is 1. The first kappa shape index (κ1) is 19.3. The summed E-state index contributed by atoms with van der Waals surface area (Å²) in [5.41, 5.74) is 6.88. The zero-order valence-electron chi connectivity index (χ0n) is 17.8. The van der Waals surface area contributed by atoms with Crippen molar-refractivity contribution < 1.29 is 4.74 Å². The highest BCUT2D eigenvalue weighted by molar-refractivity contribution is 5.83. The molecule has 0 N–H and O–H groups in total. The number of pyridine rings is 1. The zero-order valence-corrected chi connectivity index (χ0v) is 17.8. The van der Waals surface area contributed by atoms with Gasteiger partial charge in [-0.15, -0.1) is 0 Å². The summed E-state index contributed by atoms with van der Waals surface area (Å²) in [6, 6.07) is 19.8. The van der Waals surface area contributed by atoms with Gasteiger partial charge in [-0.2, -0.15) is 0 Å². The van der Waals surface area contributed by atoms with Crippen LogP contribution in [0.3, 0.4) is 0 Å². The third kappa shape index (κ3) is 3.99. The fourth-order valence-corrected chi connectivity index (χ4v) is 5.06. The van der Waals surface area contributed by atoms with Crippen molar-refractivity contribution in [1.29, 1.82) is 0 Å². The van der Waals surface area contributed by atoms with Crippen LogP contribution in [0.15, 0.2) is 60.7 Å². The second-order valence-corrected chi connectivity index (χ2v) is 8.64. The standard InChI is InChI=1S/C27H30N2O/c1-30-26-13-12-23-9-5-11-25(27(23)28-26)22-14-16-29(17-15-22)19-20-6-4-10-24(18-20)21-7-2-3-8-21/h4-7,9-13,18,22H,2-3,8,14-17,19H2,1H3. The number of hydrogen-bond acceptors (Lipinski definition) is 3. The van der Waals surface area contributed by atoms with Gasteiger partial charge in [0, 0.05) is 18.0 Å². The average molecular weight is 399 g/mol. The Morgan fingerprint density at radius 1 is 1.03 bits per heavy atom. The first-order valence-corrected chi connectivity index (χ1v) is 11.2. The van der Waals surface area contributed by atoms with E-state index in [1.54, 1.807) is 7.11 Å². The third-order valence-corrected chi connectivity index (χ3v) is 6.71. The molecule has 2 aromatic carbocycles. The second-order valence-electron chi connectivity index (χ2n) is 8.64. The van der Waals surface area contributed by atoms with Gasteiger partial charge in [0.05, 0.1) is 12.6 Å². The van der Waals surface area contributed by atoms with E-state index in [-0.39, 0.29) is 0 Å². The molecule has 0 radical (unpaired) electrons. The quantitative estimate of drug-likeness (QED) is 0.512. The number of piperidine rings is 1. The molecule has 1 aromatic heterocycles. The Bertz CT molecular complexity index is 1060. The molecule has 154 valence electrons. The van der Waals surface area contributed by atoms with Crippen LogP contribution in [0.1, 0.15) is 54.7 Å². The van der Waals surface area contributed by atoms with Crippen LogP contribution < -0.4 is 4.74 Å². The highest BCUT2D eigenvalue weighted by atomic mass is 16.5. The lowest BCUT2D eigenvalue weighted by molar-refractivity contribution is 0.205. The Labute approximate surface area is 179 Å². The Morgan fingerprint density at radius 3 is 2.70 bits per heavy atom. The van der Waals surface area contributed by atoms with Crippen molar-refractivity contribution in [3.05, 3.63) is 77.4 Å². The average Bonchev–Trinajstić information content (AvgIpc) is 3.34. The molecule has 1 aliphatic carbocycles. The van der Waals surface area contributed by atoms with Crippen molar-refractivity contribution in [2.75, 3.05) is 20.2 Å². The summed E-state index contributed by atoms with van der Waals surface area (Å²) in [6.07, 6.45) is 8.56. The molecular formula is C27H30N2O. The van der Waals surface area contributed by atoms with E-state index < -0.39 is 0 Å². The molecule has 0 saturated carbocycles. The number of hydrogen-bond donors (Lipinski definition) is 0. The number of methoxy groups -OCH3 is 1. The maximum absolute atomic E-state index is 5.37. The van der Waals surface area contributed by atoms with Crippen molar-refractivity contribution in [3.8, 4) is 5.88 Å². The number of fused-ring (bicyclic) bond motifs is 1. The zero-order chi connectivity index (χ0) is 20.3. The van der Waals surface area contributed by atoms with Gasteiger partial charge in [0.25, 0.3) is 0 Å². The molecule has 2 heterocycles. The summed E-state index contributed by atoms with van der Waals surface area (Å²) in [5, 5.41) is 1.20. The highest BCUT2D eigenvalue weighted by Crippen LogP contribution is 2.34. The second kappa shape index (κ2) is 8.61. The van der Waals surface area contributed by atoms with Gasteiger partial charge in [-0.05, 0) is 79.4 Å². The molecule has 3 aromatic rings. The van der Waals surface area contributed by atoms with E-state index in [0.29, 0.717) is 11.8 Å². The van der Waals surface area contributed by atoms with Gasteiger partial charge in [-0.3, -0.25) is 4.90 Å². The Hall–Kier alpha value is -2.65. The number of para-hydroxylation sites is 1. The summed E-state index contributed by atoms with van der Waals surface area (Å²) in [4.78, 5) is 7.37. The van der Waals surface area contributed by atoms with E-state index in [9.17, 15) is 0 Å². The van der Waals surface area contributed by atoms with Crippen LogP contribution in [-0.2, 0) is 6.54 Å². The van der Waals surface area contributed by atoms with Crippen molar-refractivity contribution in [2.24, 2.45) is 0 Å². The van der Waals surface area contributed by atoms with Crippen LogP contribution >= 0.6 is 0 Å². The van der Waals surface area contributed by atoms with Gasteiger partial charge >= 0.3 is 0 Å². The van der Waals surface area contributed by atoms with Crippen LogP contribution in [0.4, 0.5) is 0 Å². The van der Waals surface area contributed by atoms with Crippen LogP contribution in [-0.4, -0.2) is 30.1 Å². The SMILES string of the molecule is COc1ccc2cccc(C3CCN(Cc4cccc(C5=CCCC5)c4)CC3)c2n1. The topological polar surface area (TPSA) is 25.4 Å². The normalized spacial score (nSPS) is 18.0. The van der Waals surface area contributed by atoms with Crippen molar-refractivity contribution in [2.45, 2.75) is 44.6 Å². The molecule has 2 aliphatic rings. The molecule has 1 saturated heterocycles. The van der Waals surface area contributed by atoms with Gasteiger partial charge in [-0.1, -0.05) is 48.5 Å². The molecular weight excluding hydrogens is 368 g/mol. The summed E-state index contributed by atoms with van der Waals surface area (Å²) in [5.74, 6) is 1.27. The van der Waals surface area contributed by atoms with Gasteiger partial charge in [0.1, 0.15) is 0 Å². The fourth-order valence-electron chi connectivity index (χ4n) is 5.06. The molecule has 0 unspecified atom stereocenters. The van der Waals surface area contributed by atoms with Gasteiger partial charge < -0.3 is 4.74 Å². The minimum Gasteiger partial charge on any atom is -0.481 e. The molecule has 0 amide bonds. The van der Waals surface area contributed by atoms with E-state index in [2.05, 4.69) is 59.5 Å². The van der Waals surface area contributed by atoms with Gasteiger partial charge in [0.2, 0.25) is 5.88 Å². The Morgan fingerprint density at radius 2 is 1.90 bits per heavy atom. The summed E-state index contributed by atoms with van der Waals surface area (Å²) < 4.78 is 5.37. The molecule has 0 bridgehead atoms. The molecule has 0 spiro atoms. The molecule has 1 aliphatic heterocycles. The van der Waals surface area contributed by atoms with E-state index in [0.717, 1.165) is 25.2 Å². The van der Waals surface area contributed by atoms with E-state index in [1.807, 2.05) is 6.07 Å². The molecule has 3 heteroatoms. The number of benzene rings is 2. The predicted molar refractivity (Wildman–Crippen MR) is 124 cm³/mol. The molecule has 30 heavy (non-hydrogen) atoms. The summed E-state index contributed by atoms with van der Waals surface area (Å²) in [7, 11) is 1.69. The summed E-state index contributed by atoms with van der Waals surface area (Å²) in [6.45, 7) is 3.32. The number of ether oxygens (including phenoxy) is 1. The van der Waals surface area contributed by atoms with Crippen molar-refractivity contribution in [3.63, 3.8) is 0 Å². The van der Waals surface area contributed by atoms with Gasteiger partial charge in [0.15, 0.2) is 0 Å². The third-order valence-electron chi connectivity index (χ3n) is 6.71. The predicted octanol–water partition coefficient (Wildman–Crippen LogP) is 6.19. The van der Waals surface area contributed by atoms with Crippen molar-refractivity contribution >= 4 is 16.5 Å². The van der Waals surface area contributed by atoms with Crippen LogP contribution in [0.25, 0.3) is 16.5 Å². The fraction of sp³-hybridized carbons (Fsp3) is 0.370. The lowest BCUT2D eigenvalue weighted by Crippen LogP contribution is -2.32. The van der Waals surface area contributed by atoms with E-state index in [4.69, 9.17) is 9.72 Å². The molecule has 1 fully saturated rings. The molecule has 5 rings (SSSR count). The lowest BCUT2D eigenvalue weighted by atomic mass is 9.87. The molecule has 0 atom stereocenters. The number of nitrogens with zero attached hydrogens (tertiary/aromatic N) is 2. The number of allylic oxidation sites excluding steroid dienone is 2. The maximum Gasteiger partial charge on any atom is 0.213 e. The molecule has 3 nitrogen and oxygen atoms in total. The van der Waals surface area contributed by atoms with Gasteiger partial charge in [-0.25, -0.2) is 4.98 Å². The first-order chi connectivity index (χ1) is 14.8. The Balaban J connectivity index is 1.27. The van der Waals surface area contributed by atoms with Crippen LogP contribution in [0.2, 0.25) is 0 Å². The minimum atomic E-state index is 0.569. The van der Waals surface area contributed by atoms with E-state index >= 15 is 0 Å². The summed E-state index contributed by atoms with van der Waals surface area (Å²) >= 11 is 0. The Kier molecular flexibility index (Phi) is 5.54.